The number of hydrogen-bond acceptors (Lipinski definition) is 7. The molecule has 6 unspecified atom stereocenters. The van der Waals surface area contributed by atoms with Gasteiger partial charge in [-0.3, -0.25) is 4.79 Å². The maximum atomic E-state index is 12.8. The Morgan fingerprint density at radius 3 is 2.39 bits per heavy atom. The third kappa shape index (κ3) is 4.84. The van der Waals surface area contributed by atoms with Crippen LogP contribution in [0.15, 0.2) is 30.5 Å². The largest absolute Gasteiger partial charge is 0.394 e. The van der Waals surface area contributed by atoms with Crippen LogP contribution in [0.4, 0.5) is 0 Å². The number of carbonyl (C=O) groups is 1. The van der Waals surface area contributed by atoms with Crippen molar-refractivity contribution in [3.63, 3.8) is 0 Å². The number of hydrogen-bond donors (Lipinski definition) is 5. The lowest BCUT2D eigenvalue weighted by molar-refractivity contribution is -0.250. The third-order valence-electron chi connectivity index (χ3n) is 5.84. The number of aliphatic hydroxyl groups is 4. The lowest BCUT2D eigenvalue weighted by atomic mass is 9.95. The topological polar surface area (TPSA) is 124 Å². The van der Waals surface area contributed by atoms with Crippen LogP contribution >= 0.6 is 0 Å². The molecule has 0 aliphatic carbocycles. The van der Waals surface area contributed by atoms with Crippen LogP contribution < -0.4 is 5.32 Å². The quantitative estimate of drug-likeness (QED) is 0.415. The van der Waals surface area contributed by atoms with E-state index >= 15 is 0 Å². The summed E-state index contributed by atoms with van der Waals surface area (Å²) in [6.07, 6.45) is -3.97. The van der Waals surface area contributed by atoms with Crippen LogP contribution in [-0.2, 0) is 16.0 Å². The number of carbonyl (C=O) groups excluding carboxylic acids is 1. The van der Waals surface area contributed by atoms with Crippen molar-refractivity contribution in [2.24, 2.45) is 5.92 Å². The molecule has 0 bridgehead atoms. The predicted octanol–water partition coefficient (Wildman–Crippen LogP) is 0.748. The third-order valence-corrected chi connectivity index (χ3v) is 5.84. The summed E-state index contributed by atoms with van der Waals surface area (Å²) in [7, 11) is 0. The lowest BCUT2D eigenvalue weighted by Crippen LogP contribution is -2.56. The fourth-order valence-electron chi connectivity index (χ4n) is 4.23. The Bertz CT molecular complexity index is 893. The SMILES string of the molecule is CC(C)NC(Cc1cn(C2OC(CO)C(O)C(O)C2O)c2ccccc12)C(=O)C(C)C. The highest BCUT2D eigenvalue weighted by molar-refractivity contribution is 5.88. The van der Waals surface area contributed by atoms with Gasteiger partial charge in [-0.05, 0) is 18.1 Å². The highest BCUT2D eigenvalue weighted by Crippen LogP contribution is 2.33. The monoisotopic (exact) mass is 434 g/mol. The molecule has 5 N–H and O–H groups in total. The summed E-state index contributed by atoms with van der Waals surface area (Å²) < 4.78 is 7.47. The average molecular weight is 435 g/mol. The van der Waals surface area contributed by atoms with Gasteiger partial charge in [0, 0.05) is 23.5 Å². The van der Waals surface area contributed by atoms with Crippen LogP contribution in [0.25, 0.3) is 10.9 Å². The first-order chi connectivity index (χ1) is 14.6. The minimum absolute atomic E-state index is 0.116. The van der Waals surface area contributed by atoms with Crippen molar-refractivity contribution < 1.29 is 30.0 Å². The molecule has 8 nitrogen and oxygen atoms in total. The maximum absolute atomic E-state index is 12.8. The van der Waals surface area contributed by atoms with E-state index in [0.29, 0.717) is 6.42 Å². The second kappa shape index (κ2) is 9.77. The van der Waals surface area contributed by atoms with E-state index in [1.165, 1.54) is 0 Å². The molecule has 8 heteroatoms. The summed E-state index contributed by atoms with van der Waals surface area (Å²) in [5, 5.41) is 44.7. The number of ketones is 1. The molecule has 31 heavy (non-hydrogen) atoms. The van der Waals surface area contributed by atoms with E-state index in [0.717, 1.165) is 16.5 Å². The van der Waals surface area contributed by atoms with Crippen molar-refractivity contribution in [2.45, 2.75) is 76.8 Å². The Morgan fingerprint density at radius 1 is 1.10 bits per heavy atom. The molecule has 0 radical (unpaired) electrons. The highest BCUT2D eigenvalue weighted by atomic mass is 16.6. The first-order valence-electron chi connectivity index (χ1n) is 10.8. The summed E-state index contributed by atoms with van der Waals surface area (Å²) in [5.41, 5.74) is 1.67. The van der Waals surface area contributed by atoms with Gasteiger partial charge in [-0.2, -0.15) is 0 Å². The number of rotatable bonds is 8. The van der Waals surface area contributed by atoms with E-state index < -0.39 is 37.3 Å². The molecule has 1 aliphatic heterocycles. The summed E-state index contributed by atoms with van der Waals surface area (Å²) in [6.45, 7) is 7.27. The number of aromatic nitrogens is 1. The number of Topliss-reactive ketones (excluding diaryl/α,β-unsaturated/α-hetero) is 1. The molecule has 1 fully saturated rings. The van der Waals surface area contributed by atoms with Gasteiger partial charge in [-0.1, -0.05) is 45.9 Å². The molecule has 3 rings (SSSR count). The van der Waals surface area contributed by atoms with E-state index in [1.807, 2.05) is 58.2 Å². The van der Waals surface area contributed by atoms with Crippen LogP contribution in [0.5, 0.6) is 0 Å². The van der Waals surface area contributed by atoms with E-state index in [9.17, 15) is 25.2 Å². The minimum Gasteiger partial charge on any atom is -0.394 e. The predicted molar refractivity (Wildman–Crippen MR) is 117 cm³/mol. The summed E-state index contributed by atoms with van der Waals surface area (Å²) in [5.74, 6) is 0.00779. The molecule has 172 valence electrons. The number of nitrogens with one attached hydrogen (secondary N) is 1. The summed E-state index contributed by atoms with van der Waals surface area (Å²) in [6, 6.07) is 7.34. The first-order valence-corrected chi connectivity index (χ1v) is 10.8. The van der Waals surface area contributed by atoms with Crippen molar-refractivity contribution in [3.05, 3.63) is 36.0 Å². The Labute approximate surface area is 182 Å². The molecule has 1 aromatic carbocycles. The Morgan fingerprint density at radius 2 is 1.77 bits per heavy atom. The standard InChI is InChI=1S/C23H34N2O6/c1-12(2)19(27)16(24-13(3)4)9-14-10-25(17-8-6-5-7-15(14)17)23-22(30)21(29)20(28)18(11-26)31-23/h5-8,10,12-13,16,18,20-24,26,28-30H,9,11H2,1-4H3. The van der Waals surface area contributed by atoms with E-state index in [1.54, 1.807) is 4.57 Å². The van der Waals surface area contributed by atoms with Gasteiger partial charge >= 0.3 is 0 Å². The van der Waals surface area contributed by atoms with Crippen LogP contribution in [-0.4, -0.2) is 73.9 Å². The number of aliphatic hydroxyl groups excluding tert-OH is 4. The zero-order chi connectivity index (χ0) is 22.9. The van der Waals surface area contributed by atoms with Crippen LogP contribution in [0.1, 0.15) is 39.5 Å². The fourth-order valence-corrected chi connectivity index (χ4v) is 4.23. The smallest absolute Gasteiger partial charge is 0.163 e. The number of fused-ring (bicyclic) bond motifs is 1. The van der Waals surface area contributed by atoms with Crippen LogP contribution in [0, 0.1) is 5.92 Å². The van der Waals surface area contributed by atoms with Gasteiger partial charge in [-0.25, -0.2) is 0 Å². The summed E-state index contributed by atoms with van der Waals surface area (Å²) >= 11 is 0. The second-order valence-corrected chi connectivity index (χ2v) is 8.93. The number of ether oxygens (including phenoxy) is 1. The fraction of sp³-hybridized carbons (Fsp3) is 0.609. The summed E-state index contributed by atoms with van der Waals surface area (Å²) in [4.78, 5) is 12.8. The second-order valence-electron chi connectivity index (χ2n) is 8.93. The molecular weight excluding hydrogens is 400 g/mol. The maximum Gasteiger partial charge on any atom is 0.163 e. The Kier molecular flexibility index (Phi) is 7.51. The van der Waals surface area contributed by atoms with E-state index in [4.69, 9.17) is 4.74 Å². The van der Waals surface area contributed by atoms with Crippen molar-refractivity contribution in [3.8, 4) is 0 Å². The Hall–Kier alpha value is -1.81. The number of nitrogens with zero attached hydrogens (tertiary/aromatic N) is 1. The van der Waals surface area contributed by atoms with Crippen molar-refractivity contribution in [1.29, 1.82) is 0 Å². The average Bonchev–Trinajstić information content (AvgIpc) is 3.09. The van der Waals surface area contributed by atoms with Crippen LogP contribution in [0.3, 0.4) is 0 Å². The normalized spacial score (nSPS) is 27.9. The lowest BCUT2D eigenvalue weighted by Gasteiger charge is -2.40. The van der Waals surface area contributed by atoms with Gasteiger partial charge in [-0.15, -0.1) is 0 Å². The number of para-hydroxylation sites is 1. The molecule has 6 atom stereocenters. The molecule has 0 saturated carbocycles. The Balaban J connectivity index is 2.01. The zero-order valence-electron chi connectivity index (χ0n) is 18.5. The molecule has 1 aliphatic rings. The van der Waals surface area contributed by atoms with Gasteiger partial charge in [0.25, 0.3) is 0 Å². The molecule has 2 heterocycles. The van der Waals surface area contributed by atoms with Crippen LogP contribution in [0.2, 0.25) is 0 Å². The van der Waals surface area contributed by atoms with Gasteiger partial charge in [0.05, 0.1) is 18.2 Å². The molecule has 1 aromatic heterocycles. The van der Waals surface area contributed by atoms with Crippen molar-refractivity contribution in [1.82, 2.24) is 9.88 Å². The van der Waals surface area contributed by atoms with E-state index in [-0.39, 0.29) is 23.8 Å². The van der Waals surface area contributed by atoms with Gasteiger partial charge in [0.15, 0.2) is 12.0 Å². The van der Waals surface area contributed by atoms with Crippen molar-refractivity contribution >= 4 is 16.7 Å². The molecule has 1 saturated heterocycles. The minimum atomic E-state index is -1.46. The highest BCUT2D eigenvalue weighted by Gasteiger charge is 2.44. The number of benzene rings is 1. The van der Waals surface area contributed by atoms with Gasteiger partial charge < -0.3 is 35.0 Å². The van der Waals surface area contributed by atoms with Gasteiger partial charge in [0.2, 0.25) is 0 Å². The van der Waals surface area contributed by atoms with Gasteiger partial charge in [0.1, 0.15) is 24.4 Å². The molecular formula is C23H34N2O6. The van der Waals surface area contributed by atoms with Crippen molar-refractivity contribution in [2.75, 3.05) is 6.61 Å². The molecule has 0 spiro atoms. The molecule has 0 amide bonds. The first kappa shape index (κ1) is 23.8. The van der Waals surface area contributed by atoms with E-state index in [2.05, 4.69) is 5.32 Å². The zero-order valence-corrected chi connectivity index (χ0v) is 18.5. The molecule has 2 aromatic rings.